The second kappa shape index (κ2) is 3.14. The molecule has 0 saturated carbocycles. The lowest BCUT2D eigenvalue weighted by molar-refractivity contribution is -0.130. The predicted molar refractivity (Wildman–Crippen MR) is 55.5 cm³/mol. The summed E-state index contributed by atoms with van der Waals surface area (Å²) < 4.78 is 0. The van der Waals surface area contributed by atoms with Crippen molar-refractivity contribution in [1.82, 2.24) is 0 Å². The Morgan fingerprint density at radius 3 is 2.86 bits per heavy atom. The Morgan fingerprint density at radius 1 is 1.50 bits per heavy atom. The van der Waals surface area contributed by atoms with Gasteiger partial charge < -0.3 is 5.11 Å². The fourth-order valence-electron chi connectivity index (χ4n) is 1.79. The largest absolute Gasteiger partial charge is 0.478 e. The smallest absolute Gasteiger partial charge is 0.336 e. The van der Waals surface area contributed by atoms with Gasteiger partial charge in [-0.1, -0.05) is 23.7 Å². The Bertz CT molecular complexity index is 447. The van der Waals surface area contributed by atoms with Crippen molar-refractivity contribution in [3.05, 3.63) is 39.9 Å². The topological polar surface area (TPSA) is 37.3 Å². The van der Waals surface area contributed by atoms with Gasteiger partial charge in [0, 0.05) is 10.6 Å². The van der Waals surface area contributed by atoms with Crippen molar-refractivity contribution in [3.63, 3.8) is 0 Å². The van der Waals surface area contributed by atoms with Crippen molar-refractivity contribution in [1.29, 1.82) is 0 Å². The summed E-state index contributed by atoms with van der Waals surface area (Å²) in [5, 5.41) is 9.46. The van der Waals surface area contributed by atoms with Gasteiger partial charge in [0.15, 0.2) is 0 Å². The van der Waals surface area contributed by atoms with Crippen LogP contribution in [0.4, 0.5) is 0 Å². The molecule has 2 nitrogen and oxygen atoms in total. The monoisotopic (exact) mass is 208 g/mol. The summed E-state index contributed by atoms with van der Waals surface area (Å²) in [6, 6.07) is 3.77. The Morgan fingerprint density at radius 2 is 2.21 bits per heavy atom. The van der Waals surface area contributed by atoms with Crippen molar-refractivity contribution < 1.29 is 9.90 Å². The molecule has 0 heterocycles. The van der Waals surface area contributed by atoms with E-state index in [9.17, 15) is 4.79 Å². The van der Waals surface area contributed by atoms with Gasteiger partial charge in [-0.2, -0.15) is 0 Å². The lowest BCUT2D eigenvalue weighted by atomic mass is 10.0. The molecule has 1 aromatic rings. The normalized spacial score (nSPS) is 13.7. The molecule has 0 radical (unpaired) electrons. The van der Waals surface area contributed by atoms with E-state index >= 15 is 0 Å². The van der Waals surface area contributed by atoms with Crippen LogP contribution < -0.4 is 0 Å². The highest BCUT2D eigenvalue weighted by atomic mass is 35.5. The summed E-state index contributed by atoms with van der Waals surface area (Å²) in [6.07, 6.45) is 2.37. The second-order valence-corrected chi connectivity index (χ2v) is 3.82. The number of carboxylic acids is 1. The maximum atomic E-state index is 10.9. The lowest BCUT2D eigenvalue weighted by Crippen LogP contribution is -1.98. The molecule has 14 heavy (non-hydrogen) atoms. The molecule has 0 spiro atoms. The summed E-state index contributed by atoms with van der Waals surface area (Å²) in [4.78, 5) is 10.9. The predicted octanol–water partition coefficient (Wildman–Crippen LogP) is 2.67. The van der Waals surface area contributed by atoms with E-state index in [-0.39, 0.29) is 0 Å². The Balaban J connectivity index is 2.61. The number of halogens is 1. The second-order valence-electron chi connectivity index (χ2n) is 3.41. The first-order valence-corrected chi connectivity index (χ1v) is 4.70. The molecule has 72 valence electrons. The highest BCUT2D eigenvalue weighted by molar-refractivity contribution is 6.35. The third-order valence-electron chi connectivity index (χ3n) is 2.34. The number of aryl methyl sites for hydroxylation is 1. The molecule has 1 aliphatic carbocycles. The van der Waals surface area contributed by atoms with Crippen molar-refractivity contribution in [2.45, 2.75) is 13.3 Å². The molecule has 0 aromatic heterocycles. The number of carboxylic acid groups (broad SMARTS) is 1. The summed E-state index contributed by atoms with van der Waals surface area (Å²) in [6.45, 7) is 1.95. The molecule has 0 amide bonds. The fourth-order valence-corrected chi connectivity index (χ4v) is 2.18. The standard InChI is InChI=1S/C11H9ClO2/c1-6-4-7-2-3-8(11(13)14)10(7)9(12)5-6/h3-5H,2H2,1H3,(H,13,14). The van der Waals surface area contributed by atoms with Gasteiger partial charge in [-0.05, 0) is 30.5 Å². The van der Waals surface area contributed by atoms with Gasteiger partial charge in [-0.3, -0.25) is 0 Å². The van der Waals surface area contributed by atoms with E-state index in [1.54, 1.807) is 12.1 Å². The molecule has 1 aliphatic rings. The van der Waals surface area contributed by atoms with Crippen LogP contribution in [0.15, 0.2) is 18.2 Å². The van der Waals surface area contributed by atoms with Crippen LogP contribution >= 0.6 is 11.6 Å². The number of hydrogen-bond donors (Lipinski definition) is 1. The lowest BCUT2D eigenvalue weighted by Gasteiger charge is -2.05. The molecule has 0 aliphatic heterocycles. The molecule has 0 bridgehead atoms. The summed E-state index contributed by atoms with van der Waals surface area (Å²) >= 11 is 6.01. The maximum absolute atomic E-state index is 10.9. The van der Waals surface area contributed by atoms with Gasteiger partial charge in [0.1, 0.15) is 0 Å². The van der Waals surface area contributed by atoms with Crippen molar-refractivity contribution >= 4 is 23.1 Å². The third-order valence-corrected chi connectivity index (χ3v) is 2.64. The molecular formula is C11H9ClO2. The van der Waals surface area contributed by atoms with Gasteiger partial charge in [0.05, 0.1) is 5.57 Å². The van der Waals surface area contributed by atoms with E-state index in [1.165, 1.54) is 0 Å². The minimum absolute atomic E-state index is 0.324. The molecule has 1 N–H and O–H groups in total. The van der Waals surface area contributed by atoms with Crippen molar-refractivity contribution in [3.8, 4) is 0 Å². The number of carbonyl (C=O) groups is 1. The van der Waals surface area contributed by atoms with Crippen LogP contribution in [-0.4, -0.2) is 11.1 Å². The number of benzene rings is 1. The van der Waals surface area contributed by atoms with E-state index in [0.717, 1.165) is 11.1 Å². The van der Waals surface area contributed by atoms with Gasteiger partial charge >= 0.3 is 5.97 Å². The minimum Gasteiger partial charge on any atom is -0.478 e. The van der Waals surface area contributed by atoms with Gasteiger partial charge in [0.2, 0.25) is 0 Å². The van der Waals surface area contributed by atoms with Crippen LogP contribution in [0.3, 0.4) is 0 Å². The zero-order valence-corrected chi connectivity index (χ0v) is 8.43. The number of rotatable bonds is 1. The average Bonchev–Trinajstić information content (AvgIpc) is 2.47. The van der Waals surface area contributed by atoms with Gasteiger partial charge in [0.25, 0.3) is 0 Å². The van der Waals surface area contributed by atoms with Crippen LogP contribution in [0, 0.1) is 6.92 Å². The molecular weight excluding hydrogens is 200 g/mol. The zero-order chi connectivity index (χ0) is 10.3. The number of allylic oxidation sites excluding steroid dienone is 1. The highest BCUT2D eigenvalue weighted by Crippen LogP contribution is 2.34. The van der Waals surface area contributed by atoms with E-state index in [1.807, 2.05) is 13.0 Å². The first kappa shape index (κ1) is 9.28. The molecule has 3 heteroatoms. The highest BCUT2D eigenvalue weighted by Gasteiger charge is 2.22. The maximum Gasteiger partial charge on any atom is 0.336 e. The number of fused-ring (bicyclic) bond motifs is 1. The average molecular weight is 209 g/mol. The van der Waals surface area contributed by atoms with E-state index < -0.39 is 5.97 Å². The van der Waals surface area contributed by atoms with Crippen LogP contribution in [-0.2, 0) is 11.2 Å². The minimum atomic E-state index is -0.908. The Kier molecular flexibility index (Phi) is 2.08. The Labute approximate surface area is 86.8 Å². The first-order chi connectivity index (χ1) is 6.59. The van der Waals surface area contributed by atoms with Gasteiger partial charge in [-0.15, -0.1) is 0 Å². The van der Waals surface area contributed by atoms with Crippen LogP contribution in [0.5, 0.6) is 0 Å². The van der Waals surface area contributed by atoms with Crippen LogP contribution in [0.25, 0.3) is 5.57 Å². The SMILES string of the molecule is Cc1cc(Cl)c2c(c1)CC=C2C(=O)O. The zero-order valence-electron chi connectivity index (χ0n) is 7.67. The first-order valence-electron chi connectivity index (χ1n) is 4.32. The summed E-state index contributed by atoms with van der Waals surface area (Å²) in [7, 11) is 0. The summed E-state index contributed by atoms with van der Waals surface area (Å²) in [5.41, 5.74) is 3.08. The van der Waals surface area contributed by atoms with Crippen LogP contribution in [0.1, 0.15) is 16.7 Å². The van der Waals surface area contributed by atoms with E-state index in [0.29, 0.717) is 22.6 Å². The quantitative estimate of drug-likeness (QED) is 0.771. The molecule has 0 atom stereocenters. The molecule has 2 rings (SSSR count). The molecule has 0 fully saturated rings. The van der Waals surface area contributed by atoms with Crippen molar-refractivity contribution in [2.75, 3.05) is 0 Å². The Hall–Kier alpha value is -1.28. The van der Waals surface area contributed by atoms with Gasteiger partial charge in [-0.25, -0.2) is 4.79 Å². The number of aliphatic carboxylic acids is 1. The van der Waals surface area contributed by atoms with Crippen LogP contribution in [0.2, 0.25) is 5.02 Å². The number of hydrogen-bond acceptors (Lipinski definition) is 1. The molecule has 1 aromatic carbocycles. The fraction of sp³-hybridized carbons (Fsp3) is 0.182. The third kappa shape index (κ3) is 1.32. The van der Waals surface area contributed by atoms with E-state index in [2.05, 4.69) is 0 Å². The van der Waals surface area contributed by atoms with E-state index in [4.69, 9.17) is 16.7 Å². The molecule has 0 unspecified atom stereocenters. The summed E-state index contributed by atoms with van der Waals surface area (Å²) in [5.74, 6) is -0.908. The molecule has 0 saturated heterocycles. The van der Waals surface area contributed by atoms with Crippen molar-refractivity contribution in [2.24, 2.45) is 0 Å².